The van der Waals surface area contributed by atoms with Gasteiger partial charge in [0, 0.05) is 0 Å². The van der Waals surface area contributed by atoms with Gasteiger partial charge < -0.3 is 4.74 Å². The van der Waals surface area contributed by atoms with E-state index in [1.807, 2.05) is 0 Å². The molecule has 38 heavy (non-hydrogen) atoms. The Hall–Kier alpha value is -2.94. The standard InChI is InChI=1S/C35H42F2O/c1-3-5-6-9-26-12-18-29(19-13-26)30-20-14-27(15-21-30)10-7-8-11-28-16-22-31(23-17-28)32-24-25-33(38-4-2)35(37)34(32)36/h8,11-15,18-21,24-25,28,31H,3-7,9-10,16-17,22-23H2,1-2H3/b11-8+. The lowest BCUT2D eigenvalue weighted by Crippen LogP contribution is -2.14. The number of ether oxygens (including phenoxy) is 1. The fourth-order valence-corrected chi connectivity index (χ4v) is 5.60. The quantitative estimate of drug-likeness (QED) is 0.172. The van der Waals surface area contributed by atoms with Crippen LogP contribution in [0.4, 0.5) is 8.78 Å². The maximum atomic E-state index is 14.6. The second kappa shape index (κ2) is 14.3. The summed E-state index contributed by atoms with van der Waals surface area (Å²) in [7, 11) is 0. The maximum Gasteiger partial charge on any atom is 0.200 e. The molecule has 1 aliphatic carbocycles. The van der Waals surface area contributed by atoms with Crippen LogP contribution in [0, 0.1) is 17.6 Å². The summed E-state index contributed by atoms with van der Waals surface area (Å²) in [6, 6.07) is 21.3. The van der Waals surface area contributed by atoms with E-state index < -0.39 is 11.6 Å². The van der Waals surface area contributed by atoms with Crippen LogP contribution in [0.25, 0.3) is 11.1 Å². The average molecular weight is 517 g/mol. The number of benzene rings is 3. The fourth-order valence-electron chi connectivity index (χ4n) is 5.60. The lowest BCUT2D eigenvalue weighted by molar-refractivity contribution is 0.310. The highest BCUT2D eigenvalue weighted by Gasteiger charge is 2.25. The third-order valence-electron chi connectivity index (χ3n) is 7.91. The SMILES string of the molecule is CCCCCc1ccc(-c2ccc(CC/C=C/C3CCC(c4ccc(OCC)c(F)c4F)CC3)cc2)cc1. The molecule has 0 atom stereocenters. The van der Waals surface area contributed by atoms with Crippen molar-refractivity contribution < 1.29 is 13.5 Å². The first-order valence-electron chi connectivity index (χ1n) is 14.5. The molecule has 0 N–H and O–H groups in total. The van der Waals surface area contributed by atoms with Crippen LogP contribution in [-0.4, -0.2) is 6.61 Å². The number of rotatable bonds is 12. The monoisotopic (exact) mass is 516 g/mol. The van der Waals surface area contributed by atoms with Crippen LogP contribution in [0.3, 0.4) is 0 Å². The molecule has 0 aliphatic heterocycles. The zero-order chi connectivity index (χ0) is 26.7. The van der Waals surface area contributed by atoms with Gasteiger partial charge in [0.25, 0.3) is 0 Å². The third-order valence-corrected chi connectivity index (χ3v) is 7.91. The zero-order valence-electron chi connectivity index (χ0n) is 23.0. The number of hydrogen-bond donors (Lipinski definition) is 0. The van der Waals surface area contributed by atoms with E-state index in [2.05, 4.69) is 67.6 Å². The molecule has 3 aromatic rings. The first-order chi connectivity index (χ1) is 18.6. The van der Waals surface area contributed by atoms with Gasteiger partial charge in [0.05, 0.1) is 6.61 Å². The molecule has 0 heterocycles. The Morgan fingerprint density at radius 3 is 1.97 bits per heavy atom. The summed E-state index contributed by atoms with van der Waals surface area (Å²) in [5.74, 6) is -0.975. The maximum absolute atomic E-state index is 14.6. The largest absolute Gasteiger partial charge is 0.491 e. The molecule has 4 rings (SSSR count). The van der Waals surface area contributed by atoms with Crippen molar-refractivity contribution in [1.82, 2.24) is 0 Å². The molecule has 0 saturated heterocycles. The first-order valence-corrected chi connectivity index (χ1v) is 14.5. The number of unbranched alkanes of at least 4 members (excludes halogenated alkanes) is 2. The van der Waals surface area contributed by atoms with Gasteiger partial charge in [0.15, 0.2) is 11.6 Å². The average Bonchev–Trinajstić information content (AvgIpc) is 2.95. The number of aryl methyl sites for hydroxylation is 2. The van der Waals surface area contributed by atoms with Crippen LogP contribution in [0.5, 0.6) is 5.75 Å². The van der Waals surface area contributed by atoms with Gasteiger partial charge in [-0.25, -0.2) is 4.39 Å². The summed E-state index contributed by atoms with van der Waals surface area (Å²) >= 11 is 0. The second-order valence-electron chi connectivity index (χ2n) is 10.6. The van der Waals surface area contributed by atoms with E-state index in [0.717, 1.165) is 38.5 Å². The van der Waals surface area contributed by atoms with Gasteiger partial charge in [0.1, 0.15) is 0 Å². The molecule has 1 nitrogen and oxygen atoms in total. The van der Waals surface area contributed by atoms with Crippen LogP contribution in [-0.2, 0) is 12.8 Å². The van der Waals surface area contributed by atoms with Crippen molar-refractivity contribution in [1.29, 1.82) is 0 Å². The Balaban J connectivity index is 1.21. The summed E-state index contributed by atoms with van der Waals surface area (Å²) in [4.78, 5) is 0. The van der Waals surface area contributed by atoms with E-state index in [4.69, 9.17) is 4.74 Å². The van der Waals surface area contributed by atoms with Crippen molar-refractivity contribution in [3.8, 4) is 16.9 Å². The van der Waals surface area contributed by atoms with Crippen LogP contribution in [0.1, 0.15) is 87.8 Å². The summed E-state index contributed by atoms with van der Waals surface area (Å²) < 4.78 is 34.1. The molecule has 1 fully saturated rings. The summed E-state index contributed by atoms with van der Waals surface area (Å²) in [6.45, 7) is 4.34. The second-order valence-corrected chi connectivity index (χ2v) is 10.6. The highest BCUT2D eigenvalue weighted by atomic mass is 19.2. The summed E-state index contributed by atoms with van der Waals surface area (Å²) in [5.41, 5.74) is 5.83. The molecule has 1 saturated carbocycles. The van der Waals surface area contributed by atoms with Gasteiger partial charge in [-0.1, -0.05) is 86.5 Å². The molecule has 0 spiro atoms. The molecule has 0 unspecified atom stereocenters. The molecule has 202 valence electrons. The number of allylic oxidation sites excluding steroid dienone is 2. The van der Waals surface area contributed by atoms with E-state index in [1.165, 1.54) is 47.9 Å². The minimum Gasteiger partial charge on any atom is -0.491 e. The molecule has 0 amide bonds. The fraction of sp³-hybridized carbons (Fsp3) is 0.429. The number of hydrogen-bond acceptors (Lipinski definition) is 1. The predicted octanol–water partition coefficient (Wildman–Crippen LogP) is 10.2. The summed E-state index contributed by atoms with van der Waals surface area (Å²) in [5, 5.41) is 0. The van der Waals surface area contributed by atoms with Crippen LogP contribution < -0.4 is 4.74 Å². The highest BCUT2D eigenvalue weighted by molar-refractivity contribution is 5.64. The molecular formula is C35H42F2O. The predicted molar refractivity (Wildman–Crippen MR) is 155 cm³/mol. The van der Waals surface area contributed by atoms with Crippen molar-refractivity contribution in [2.45, 2.75) is 84.0 Å². The van der Waals surface area contributed by atoms with Crippen molar-refractivity contribution in [2.24, 2.45) is 5.92 Å². The molecular weight excluding hydrogens is 474 g/mol. The van der Waals surface area contributed by atoms with Gasteiger partial charge >= 0.3 is 0 Å². The van der Waals surface area contributed by atoms with Gasteiger partial charge in [-0.05, 0) is 104 Å². The number of halogens is 2. The van der Waals surface area contributed by atoms with E-state index in [-0.39, 0.29) is 11.7 Å². The van der Waals surface area contributed by atoms with Gasteiger partial charge in [0.2, 0.25) is 5.82 Å². The van der Waals surface area contributed by atoms with Crippen LogP contribution in [0.15, 0.2) is 72.8 Å². The Bertz CT molecular complexity index is 1160. The Labute approximate surface area is 227 Å². The first kappa shape index (κ1) is 28.1. The Kier molecular flexibility index (Phi) is 10.6. The lowest BCUT2D eigenvalue weighted by Gasteiger charge is -2.27. The Morgan fingerprint density at radius 2 is 1.37 bits per heavy atom. The van der Waals surface area contributed by atoms with Gasteiger partial charge in [-0.3, -0.25) is 0 Å². The topological polar surface area (TPSA) is 9.23 Å². The van der Waals surface area contributed by atoms with Crippen molar-refractivity contribution in [2.75, 3.05) is 6.61 Å². The van der Waals surface area contributed by atoms with Gasteiger partial charge in [-0.15, -0.1) is 0 Å². The minimum atomic E-state index is -0.852. The van der Waals surface area contributed by atoms with Crippen molar-refractivity contribution >= 4 is 0 Å². The molecule has 3 heteroatoms. The third kappa shape index (κ3) is 7.56. The molecule has 0 aromatic heterocycles. The van der Waals surface area contributed by atoms with Gasteiger partial charge in [-0.2, -0.15) is 4.39 Å². The van der Waals surface area contributed by atoms with Crippen molar-refractivity contribution in [3.63, 3.8) is 0 Å². The molecule has 3 aromatic carbocycles. The van der Waals surface area contributed by atoms with E-state index in [1.54, 1.807) is 19.1 Å². The summed E-state index contributed by atoms with van der Waals surface area (Å²) in [6.07, 6.45) is 15.5. The molecule has 1 aliphatic rings. The van der Waals surface area contributed by atoms with E-state index >= 15 is 0 Å². The highest BCUT2D eigenvalue weighted by Crippen LogP contribution is 2.39. The van der Waals surface area contributed by atoms with Crippen LogP contribution in [0.2, 0.25) is 0 Å². The lowest BCUT2D eigenvalue weighted by atomic mass is 9.78. The smallest absolute Gasteiger partial charge is 0.200 e. The normalized spacial score (nSPS) is 17.7. The van der Waals surface area contributed by atoms with Crippen molar-refractivity contribution in [3.05, 3.63) is 101 Å². The van der Waals surface area contributed by atoms with Crippen LogP contribution >= 0.6 is 0 Å². The van der Waals surface area contributed by atoms with E-state index in [0.29, 0.717) is 18.1 Å². The zero-order valence-corrected chi connectivity index (χ0v) is 23.0. The van der Waals surface area contributed by atoms with E-state index in [9.17, 15) is 8.78 Å². The Morgan fingerprint density at radius 1 is 0.737 bits per heavy atom. The minimum absolute atomic E-state index is 0.00633. The molecule has 0 radical (unpaired) electrons. The molecule has 0 bridgehead atoms.